The minimum Gasteiger partial charge on any atom is -0.408 e. The van der Waals surface area contributed by atoms with Gasteiger partial charge in [-0.3, -0.25) is 9.47 Å². The molecule has 0 unspecified atom stereocenters. The Bertz CT molecular complexity index is 997. The number of rotatable bonds is 5. The molecule has 1 saturated heterocycles. The van der Waals surface area contributed by atoms with Crippen molar-refractivity contribution >= 4 is 20.9 Å². The van der Waals surface area contributed by atoms with Crippen molar-refractivity contribution in [2.45, 2.75) is 30.7 Å². The van der Waals surface area contributed by atoms with Gasteiger partial charge in [-0.2, -0.15) is 0 Å². The molecule has 142 valence electrons. The van der Waals surface area contributed by atoms with E-state index in [-0.39, 0.29) is 30.6 Å². The smallest absolute Gasteiger partial charge is 0.408 e. The number of halogens is 2. The van der Waals surface area contributed by atoms with Crippen LogP contribution in [0.2, 0.25) is 0 Å². The van der Waals surface area contributed by atoms with E-state index >= 15 is 0 Å². The summed E-state index contributed by atoms with van der Waals surface area (Å²) < 4.78 is 55.6. The third kappa shape index (κ3) is 3.29. The largest absolute Gasteiger partial charge is 0.420 e. The molecule has 2 aliphatic rings. The first-order chi connectivity index (χ1) is 12.1. The monoisotopic (exact) mass is 386 g/mol. The third-order valence-electron chi connectivity index (χ3n) is 5.28. The zero-order valence-corrected chi connectivity index (χ0v) is 15.1. The molecule has 2 heterocycles. The zero-order chi connectivity index (χ0) is 18.7. The van der Waals surface area contributed by atoms with Gasteiger partial charge in [-0.1, -0.05) is 6.07 Å². The zero-order valence-electron chi connectivity index (χ0n) is 14.3. The van der Waals surface area contributed by atoms with Gasteiger partial charge in [0.15, 0.2) is 5.58 Å². The lowest BCUT2D eigenvalue weighted by Crippen LogP contribution is -2.50. The summed E-state index contributed by atoms with van der Waals surface area (Å²) in [6.45, 7) is 1.56. The Morgan fingerprint density at radius 1 is 1.27 bits per heavy atom. The molecule has 1 aromatic carbocycles. The first-order valence-electron chi connectivity index (χ1n) is 8.54. The molecule has 0 atom stereocenters. The highest BCUT2D eigenvalue weighted by atomic mass is 32.2. The van der Waals surface area contributed by atoms with E-state index in [1.807, 2.05) is 4.90 Å². The lowest BCUT2D eigenvalue weighted by atomic mass is 9.77. The Labute approximate surface area is 149 Å². The van der Waals surface area contributed by atoms with Crippen molar-refractivity contribution in [2.24, 2.45) is 0 Å². The second-order valence-corrected chi connectivity index (χ2v) is 9.73. The van der Waals surface area contributed by atoms with Gasteiger partial charge >= 0.3 is 5.76 Å². The third-order valence-corrected chi connectivity index (χ3v) is 6.20. The summed E-state index contributed by atoms with van der Waals surface area (Å²) in [5, 5.41) is 0. The highest BCUT2D eigenvalue weighted by molar-refractivity contribution is 7.90. The van der Waals surface area contributed by atoms with Crippen LogP contribution in [0.25, 0.3) is 11.1 Å². The summed E-state index contributed by atoms with van der Waals surface area (Å²) in [4.78, 5) is 14.2. The van der Waals surface area contributed by atoms with Crippen LogP contribution in [-0.4, -0.2) is 55.5 Å². The molecule has 0 bridgehead atoms. The van der Waals surface area contributed by atoms with Crippen LogP contribution in [0.4, 0.5) is 8.78 Å². The Morgan fingerprint density at radius 3 is 2.58 bits per heavy atom. The Hall–Kier alpha value is -1.74. The van der Waals surface area contributed by atoms with E-state index in [9.17, 15) is 22.0 Å². The van der Waals surface area contributed by atoms with Gasteiger partial charge in [-0.15, -0.1) is 0 Å². The number of nitrogens with zero attached hydrogens (tertiary/aromatic N) is 2. The Kier molecular flexibility index (Phi) is 4.00. The molecule has 1 aliphatic carbocycles. The fourth-order valence-electron chi connectivity index (χ4n) is 3.73. The number of hydrogen-bond acceptors (Lipinski definition) is 5. The molecule has 0 radical (unpaired) electrons. The topological polar surface area (TPSA) is 72.5 Å². The maximum Gasteiger partial charge on any atom is 0.420 e. The van der Waals surface area contributed by atoms with Crippen LogP contribution >= 0.6 is 0 Å². The van der Waals surface area contributed by atoms with E-state index in [1.54, 1.807) is 22.8 Å². The Morgan fingerprint density at radius 2 is 1.96 bits per heavy atom. The number of sulfone groups is 1. The fourth-order valence-corrected chi connectivity index (χ4v) is 4.32. The van der Waals surface area contributed by atoms with E-state index < -0.39 is 21.5 Å². The molecule has 1 aromatic heterocycles. The summed E-state index contributed by atoms with van der Waals surface area (Å²) in [7, 11) is -3.02. The molecule has 4 rings (SSSR count). The molecule has 2 fully saturated rings. The Balaban J connectivity index is 1.52. The summed E-state index contributed by atoms with van der Waals surface area (Å²) in [6, 6.07) is 5.09. The van der Waals surface area contributed by atoms with Crippen LogP contribution in [0, 0.1) is 0 Å². The van der Waals surface area contributed by atoms with E-state index in [2.05, 4.69) is 0 Å². The molecule has 1 aliphatic heterocycles. The lowest BCUT2D eigenvalue weighted by Gasteiger charge is -2.39. The SMILES string of the molecule is CS(=O)(=O)CCN1CC(n2c(=O)oc3ccc(C4CC(F)(F)C4)cc32)C1. The molecule has 0 amide bonds. The van der Waals surface area contributed by atoms with Crippen molar-refractivity contribution in [1.82, 2.24) is 9.47 Å². The van der Waals surface area contributed by atoms with Crippen LogP contribution in [0.3, 0.4) is 0 Å². The van der Waals surface area contributed by atoms with Crippen molar-refractivity contribution in [3.8, 4) is 0 Å². The molecule has 6 nitrogen and oxygen atoms in total. The van der Waals surface area contributed by atoms with Crippen LogP contribution in [-0.2, 0) is 9.84 Å². The second-order valence-electron chi connectivity index (χ2n) is 7.47. The molecular weight excluding hydrogens is 366 g/mol. The first-order valence-corrected chi connectivity index (χ1v) is 10.6. The number of fused-ring (bicyclic) bond motifs is 1. The molecule has 0 spiro atoms. The standard InChI is InChI=1S/C17H20F2N2O4S/c1-26(23,24)5-4-20-9-13(10-20)21-14-6-11(12-7-17(18,19)8-12)2-3-15(14)25-16(21)22/h2-3,6,12-13H,4-5,7-10H2,1H3. The van der Waals surface area contributed by atoms with Crippen molar-refractivity contribution in [3.05, 3.63) is 34.3 Å². The van der Waals surface area contributed by atoms with Gasteiger partial charge in [0.1, 0.15) is 9.84 Å². The predicted molar refractivity (Wildman–Crippen MR) is 92.6 cm³/mol. The fraction of sp³-hybridized carbons (Fsp3) is 0.588. The van der Waals surface area contributed by atoms with E-state index in [1.165, 1.54) is 6.26 Å². The van der Waals surface area contributed by atoms with Gasteiger partial charge in [-0.05, 0) is 23.6 Å². The number of hydrogen-bond donors (Lipinski definition) is 0. The quantitative estimate of drug-likeness (QED) is 0.786. The summed E-state index contributed by atoms with van der Waals surface area (Å²) in [5.74, 6) is -3.17. The highest BCUT2D eigenvalue weighted by Gasteiger charge is 2.46. The second kappa shape index (κ2) is 5.88. The molecule has 2 aromatic rings. The lowest BCUT2D eigenvalue weighted by molar-refractivity contribution is -0.0867. The summed E-state index contributed by atoms with van der Waals surface area (Å²) >= 11 is 0. The number of likely N-dealkylation sites (tertiary alicyclic amines) is 1. The van der Waals surface area contributed by atoms with E-state index in [0.29, 0.717) is 30.7 Å². The number of aromatic nitrogens is 1. The van der Waals surface area contributed by atoms with Crippen molar-refractivity contribution < 1.29 is 21.6 Å². The van der Waals surface area contributed by atoms with Crippen molar-refractivity contribution in [3.63, 3.8) is 0 Å². The van der Waals surface area contributed by atoms with Gasteiger partial charge in [0.2, 0.25) is 5.92 Å². The maximum atomic E-state index is 13.1. The normalized spacial score (nSPS) is 21.7. The maximum absolute atomic E-state index is 13.1. The molecule has 26 heavy (non-hydrogen) atoms. The molecular formula is C17H20F2N2O4S. The van der Waals surface area contributed by atoms with Crippen molar-refractivity contribution in [1.29, 1.82) is 0 Å². The van der Waals surface area contributed by atoms with Crippen LogP contribution in [0.5, 0.6) is 0 Å². The average Bonchev–Trinajstić information content (AvgIpc) is 2.77. The van der Waals surface area contributed by atoms with E-state index in [0.717, 1.165) is 5.56 Å². The summed E-state index contributed by atoms with van der Waals surface area (Å²) in [6.07, 6.45) is 0.871. The minimum atomic E-state index is -3.02. The predicted octanol–water partition coefficient (Wildman–Crippen LogP) is 2.01. The van der Waals surface area contributed by atoms with Gasteiger partial charge in [-0.25, -0.2) is 22.0 Å². The van der Waals surface area contributed by atoms with Crippen LogP contribution in [0.1, 0.15) is 30.4 Å². The molecule has 9 heteroatoms. The average molecular weight is 386 g/mol. The van der Waals surface area contributed by atoms with Crippen molar-refractivity contribution in [2.75, 3.05) is 31.6 Å². The van der Waals surface area contributed by atoms with Gasteiger partial charge in [0, 0.05) is 38.7 Å². The summed E-state index contributed by atoms with van der Waals surface area (Å²) in [5.41, 5.74) is 1.86. The number of benzene rings is 1. The number of oxazole rings is 1. The van der Waals surface area contributed by atoms with Gasteiger partial charge < -0.3 is 4.42 Å². The molecule has 1 saturated carbocycles. The molecule has 0 N–H and O–H groups in total. The number of alkyl halides is 2. The van der Waals surface area contributed by atoms with Crippen LogP contribution in [0.15, 0.2) is 27.4 Å². The van der Waals surface area contributed by atoms with Gasteiger partial charge in [0.25, 0.3) is 0 Å². The first kappa shape index (κ1) is 17.7. The van der Waals surface area contributed by atoms with Crippen LogP contribution < -0.4 is 5.76 Å². The van der Waals surface area contributed by atoms with Gasteiger partial charge in [0.05, 0.1) is 17.3 Å². The minimum absolute atomic E-state index is 0.0841. The van der Waals surface area contributed by atoms with E-state index in [4.69, 9.17) is 4.42 Å². The highest BCUT2D eigenvalue weighted by Crippen LogP contribution is 2.48.